The van der Waals surface area contributed by atoms with E-state index in [9.17, 15) is 14.4 Å². The van der Waals surface area contributed by atoms with Gasteiger partial charge in [0.1, 0.15) is 12.1 Å². The van der Waals surface area contributed by atoms with Crippen molar-refractivity contribution in [2.24, 2.45) is 5.92 Å². The third kappa shape index (κ3) is 5.61. The molecule has 1 atom stereocenters. The number of piperidine rings is 1. The molecular weight excluding hydrogens is 276 g/mol. The minimum atomic E-state index is -1.05. The van der Waals surface area contributed by atoms with Crippen molar-refractivity contribution in [3.05, 3.63) is 0 Å². The Balaban J connectivity index is 2.61. The van der Waals surface area contributed by atoms with Crippen LogP contribution < -0.4 is 0 Å². The normalized spacial score (nSPS) is 19.0. The highest BCUT2D eigenvalue weighted by molar-refractivity contribution is 5.83. The number of likely N-dealkylation sites (tertiary alicyclic amines) is 1. The summed E-state index contributed by atoms with van der Waals surface area (Å²) in [6.07, 6.45) is 0.930. The van der Waals surface area contributed by atoms with Crippen molar-refractivity contribution in [3.8, 4) is 0 Å². The number of amides is 2. The molecule has 1 N–H and O–H groups in total. The van der Waals surface area contributed by atoms with E-state index in [4.69, 9.17) is 9.84 Å². The number of carboxylic acid groups (broad SMARTS) is 1. The van der Waals surface area contributed by atoms with Gasteiger partial charge in [0.2, 0.25) is 5.91 Å². The Hall–Kier alpha value is -1.79. The van der Waals surface area contributed by atoms with Crippen LogP contribution in [-0.4, -0.2) is 65.2 Å². The van der Waals surface area contributed by atoms with E-state index in [1.807, 2.05) is 0 Å². The van der Waals surface area contributed by atoms with Gasteiger partial charge >= 0.3 is 12.1 Å². The summed E-state index contributed by atoms with van der Waals surface area (Å²) in [7, 11) is 1.46. The molecule has 1 saturated heterocycles. The van der Waals surface area contributed by atoms with Gasteiger partial charge in [-0.15, -0.1) is 0 Å². The molecular formula is C14H24N2O5. The lowest BCUT2D eigenvalue weighted by molar-refractivity contribution is -0.145. The first-order valence-electron chi connectivity index (χ1n) is 7.05. The number of hydrogen-bond acceptors (Lipinski definition) is 4. The van der Waals surface area contributed by atoms with Gasteiger partial charge in [0.15, 0.2) is 0 Å². The molecule has 0 bridgehead atoms. The number of ether oxygens (including phenoxy) is 1. The topological polar surface area (TPSA) is 87.2 Å². The first-order chi connectivity index (χ1) is 9.60. The Labute approximate surface area is 124 Å². The Morgan fingerprint density at radius 2 is 1.95 bits per heavy atom. The molecule has 120 valence electrons. The summed E-state index contributed by atoms with van der Waals surface area (Å²) in [5, 5.41) is 8.72. The van der Waals surface area contributed by atoms with E-state index in [1.165, 1.54) is 16.8 Å². The number of carboxylic acids is 1. The molecule has 1 fully saturated rings. The van der Waals surface area contributed by atoms with Gasteiger partial charge in [0.25, 0.3) is 0 Å². The summed E-state index contributed by atoms with van der Waals surface area (Å²) >= 11 is 0. The number of likely N-dealkylation sites (N-methyl/N-ethyl adjacent to an activating group) is 1. The summed E-state index contributed by atoms with van der Waals surface area (Å²) < 4.78 is 5.30. The lowest BCUT2D eigenvalue weighted by Crippen LogP contribution is -2.48. The second kappa shape index (κ2) is 6.78. The molecule has 0 saturated carbocycles. The van der Waals surface area contributed by atoms with Gasteiger partial charge < -0.3 is 19.6 Å². The van der Waals surface area contributed by atoms with E-state index in [-0.39, 0.29) is 24.9 Å². The van der Waals surface area contributed by atoms with Gasteiger partial charge in [-0.05, 0) is 33.6 Å². The molecule has 7 heteroatoms. The van der Waals surface area contributed by atoms with Crippen molar-refractivity contribution in [2.45, 2.75) is 39.2 Å². The van der Waals surface area contributed by atoms with Crippen LogP contribution in [0.1, 0.15) is 33.6 Å². The maximum Gasteiger partial charge on any atom is 0.410 e. The zero-order valence-corrected chi connectivity index (χ0v) is 13.1. The molecule has 21 heavy (non-hydrogen) atoms. The van der Waals surface area contributed by atoms with E-state index in [0.717, 1.165) is 0 Å². The molecule has 1 aliphatic heterocycles. The molecule has 0 aromatic heterocycles. The SMILES string of the molecule is CN(CC(=O)O)C(=O)C1CCCN(C(=O)OC(C)(C)C)C1. The fourth-order valence-corrected chi connectivity index (χ4v) is 2.26. The first kappa shape index (κ1) is 17.3. The van der Waals surface area contributed by atoms with Crippen LogP contribution in [0.25, 0.3) is 0 Å². The molecule has 0 radical (unpaired) electrons. The second-order valence-corrected chi connectivity index (χ2v) is 6.35. The van der Waals surface area contributed by atoms with Crippen LogP contribution in [0.5, 0.6) is 0 Å². The number of rotatable bonds is 3. The van der Waals surface area contributed by atoms with Gasteiger partial charge in [0.05, 0.1) is 5.92 Å². The van der Waals surface area contributed by atoms with Crippen molar-refractivity contribution < 1.29 is 24.2 Å². The Kier molecular flexibility index (Phi) is 5.57. The average Bonchev–Trinajstić information content (AvgIpc) is 2.35. The van der Waals surface area contributed by atoms with E-state index < -0.39 is 17.7 Å². The highest BCUT2D eigenvalue weighted by atomic mass is 16.6. The molecule has 7 nitrogen and oxygen atoms in total. The van der Waals surface area contributed by atoms with Crippen molar-refractivity contribution in [2.75, 3.05) is 26.7 Å². The van der Waals surface area contributed by atoms with Crippen LogP contribution in [0.15, 0.2) is 0 Å². The largest absolute Gasteiger partial charge is 0.480 e. The molecule has 1 aliphatic rings. The second-order valence-electron chi connectivity index (χ2n) is 6.35. The summed E-state index contributed by atoms with van der Waals surface area (Å²) in [5.41, 5.74) is -0.575. The molecule has 1 rings (SSSR count). The molecule has 0 aromatic rings. The van der Waals surface area contributed by atoms with Gasteiger partial charge in [-0.25, -0.2) is 4.79 Å². The fourth-order valence-electron chi connectivity index (χ4n) is 2.26. The van der Waals surface area contributed by atoms with Crippen LogP contribution >= 0.6 is 0 Å². The molecule has 2 amide bonds. The van der Waals surface area contributed by atoms with Crippen molar-refractivity contribution in [1.82, 2.24) is 9.80 Å². The average molecular weight is 300 g/mol. The maximum absolute atomic E-state index is 12.2. The van der Waals surface area contributed by atoms with Gasteiger partial charge in [0, 0.05) is 20.1 Å². The van der Waals surface area contributed by atoms with E-state index >= 15 is 0 Å². The van der Waals surface area contributed by atoms with Crippen LogP contribution in [0.3, 0.4) is 0 Å². The predicted octanol–water partition coefficient (Wildman–Crippen LogP) is 1.18. The molecule has 0 aliphatic carbocycles. The maximum atomic E-state index is 12.2. The highest BCUT2D eigenvalue weighted by Gasteiger charge is 2.32. The molecule has 0 aromatic carbocycles. The standard InChI is InChI=1S/C14H24N2O5/c1-14(2,3)21-13(20)16-7-5-6-10(8-16)12(19)15(4)9-11(17)18/h10H,5-9H2,1-4H3,(H,17,18). The monoisotopic (exact) mass is 300 g/mol. The summed E-state index contributed by atoms with van der Waals surface area (Å²) in [6.45, 7) is 5.87. The van der Waals surface area contributed by atoms with Gasteiger partial charge in [-0.2, -0.15) is 0 Å². The van der Waals surface area contributed by atoms with Crippen molar-refractivity contribution >= 4 is 18.0 Å². The van der Waals surface area contributed by atoms with Crippen molar-refractivity contribution in [3.63, 3.8) is 0 Å². The van der Waals surface area contributed by atoms with Crippen LogP contribution in [0, 0.1) is 5.92 Å². The first-order valence-corrected chi connectivity index (χ1v) is 7.05. The van der Waals surface area contributed by atoms with E-state index in [2.05, 4.69) is 0 Å². The number of nitrogens with zero attached hydrogens (tertiary/aromatic N) is 2. The molecule has 0 spiro atoms. The number of hydrogen-bond donors (Lipinski definition) is 1. The summed E-state index contributed by atoms with van der Waals surface area (Å²) in [5.74, 6) is -1.66. The fraction of sp³-hybridized carbons (Fsp3) is 0.786. The number of carbonyl (C=O) groups is 3. The van der Waals surface area contributed by atoms with Crippen LogP contribution in [0.4, 0.5) is 4.79 Å². The predicted molar refractivity (Wildman–Crippen MR) is 75.8 cm³/mol. The zero-order valence-electron chi connectivity index (χ0n) is 13.1. The Morgan fingerprint density at radius 1 is 1.33 bits per heavy atom. The lowest BCUT2D eigenvalue weighted by Gasteiger charge is -2.34. The minimum absolute atomic E-state index is 0.245. The third-order valence-corrected chi connectivity index (χ3v) is 3.17. The van der Waals surface area contributed by atoms with E-state index in [1.54, 1.807) is 20.8 Å². The molecule has 1 heterocycles. The van der Waals surface area contributed by atoms with Gasteiger partial charge in [-0.3, -0.25) is 9.59 Å². The van der Waals surface area contributed by atoms with Gasteiger partial charge in [-0.1, -0.05) is 0 Å². The molecule has 1 unspecified atom stereocenters. The smallest absolute Gasteiger partial charge is 0.410 e. The quantitative estimate of drug-likeness (QED) is 0.845. The number of aliphatic carboxylic acids is 1. The highest BCUT2D eigenvalue weighted by Crippen LogP contribution is 2.20. The summed E-state index contributed by atoms with van der Waals surface area (Å²) in [4.78, 5) is 37.5. The third-order valence-electron chi connectivity index (χ3n) is 3.17. The zero-order chi connectivity index (χ0) is 16.2. The number of carbonyl (C=O) groups excluding carboxylic acids is 2. The van der Waals surface area contributed by atoms with Crippen LogP contribution in [0.2, 0.25) is 0 Å². The summed E-state index contributed by atoms with van der Waals surface area (Å²) in [6, 6.07) is 0. The van der Waals surface area contributed by atoms with Crippen LogP contribution in [-0.2, 0) is 14.3 Å². The Bertz CT molecular complexity index is 416. The van der Waals surface area contributed by atoms with Crippen molar-refractivity contribution in [1.29, 1.82) is 0 Å². The van der Waals surface area contributed by atoms with E-state index in [0.29, 0.717) is 19.4 Å². The Morgan fingerprint density at radius 3 is 2.48 bits per heavy atom. The minimum Gasteiger partial charge on any atom is -0.480 e. The lowest BCUT2D eigenvalue weighted by atomic mass is 9.97.